The molecule has 0 N–H and O–H groups in total. The summed E-state index contributed by atoms with van der Waals surface area (Å²) in [6.45, 7) is 9.01. The summed E-state index contributed by atoms with van der Waals surface area (Å²) in [5, 5.41) is 5.00. The lowest BCUT2D eigenvalue weighted by Crippen LogP contribution is -2.14. The number of anilines is 6. The molecule has 0 saturated carbocycles. The monoisotopic (exact) mass is 656 g/mol. The van der Waals surface area contributed by atoms with Crippen molar-refractivity contribution in [3.8, 4) is 22.3 Å². The lowest BCUT2D eigenvalue weighted by Gasteiger charge is -2.29. The number of hydrogen-bond acceptors (Lipinski definition) is 2. The van der Waals surface area contributed by atoms with Crippen LogP contribution in [0.2, 0.25) is 0 Å². The van der Waals surface area contributed by atoms with Gasteiger partial charge in [0, 0.05) is 34.1 Å². The molecule has 246 valence electrons. The molecule has 1 aliphatic rings. The van der Waals surface area contributed by atoms with Crippen molar-refractivity contribution in [1.29, 1.82) is 0 Å². The molecule has 8 aromatic carbocycles. The van der Waals surface area contributed by atoms with Crippen LogP contribution in [0.25, 0.3) is 43.8 Å². The van der Waals surface area contributed by atoms with Crippen molar-refractivity contribution in [2.45, 2.75) is 33.1 Å². The van der Waals surface area contributed by atoms with Gasteiger partial charge in [-0.2, -0.15) is 0 Å². The number of nitrogens with zero attached hydrogens (tertiary/aromatic N) is 2. The second-order valence-electron chi connectivity index (χ2n) is 14.8. The van der Waals surface area contributed by atoms with Gasteiger partial charge in [-0.1, -0.05) is 99.6 Å². The number of benzene rings is 8. The molecule has 0 bridgehead atoms. The van der Waals surface area contributed by atoms with Gasteiger partial charge in [0.2, 0.25) is 0 Å². The summed E-state index contributed by atoms with van der Waals surface area (Å²) in [5.74, 6) is 0. The molecule has 0 amide bonds. The van der Waals surface area contributed by atoms with Crippen LogP contribution in [0.4, 0.5) is 34.1 Å². The van der Waals surface area contributed by atoms with Gasteiger partial charge in [-0.25, -0.2) is 0 Å². The van der Waals surface area contributed by atoms with Gasteiger partial charge in [-0.3, -0.25) is 0 Å². The smallest absolute Gasteiger partial charge is 0.0490 e. The van der Waals surface area contributed by atoms with E-state index in [0.29, 0.717) is 0 Å². The third kappa shape index (κ3) is 5.45. The number of para-hydroxylation sites is 3. The van der Waals surface area contributed by atoms with E-state index in [9.17, 15) is 0 Å². The molecular formula is C49H40N2. The summed E-state index contributed by atoms with van der Waals surface area (Å²) in [5.41, 5.74) is 14.9. The minimum Gasteiger partial charge on any atom is -0.310 e. The highest BCUT2D eigenvalue weighted by Gasteiger charge is 2.25. The summed E-state index contributed by atoms with van der Waals surface area (Å²) in [6.07, 6.45) is 0. The Morgan fingerprint density at radius 1 is 0.353 bits per heavy atom. The normalized spacial score (nSPS) is 11.9. The van der Waals surface area contributed by atoms with Crippen LogP contribution in [0.15, 0.2) is 170 Å². The van der Waals surface area contributed by atoms with Crippen LogP contribution in [0.1, 0.15) is 31.9 Å². The van der Waals surface area contributed by atoms with E-state index in [-0.39, 0.29) is 5.41 Å². The topological polar surface area (TPSA) is 6.48 Å². The van der Waals surface area contributed by atoms with Crippen molar-refractivity contribution < 1.29 is 0 Å². The maximum Gasteiger partial charge on any atom is 0.0490 e. The predicted octanol–water partition coefficient (Wildman–Crippen LogP) is 14.2. The molecule has 2 nitrogen and oxygen atoms in total. The second kappa shape index (κ2) is 12.0. The highest BCUT2D eigenvalue weighted by molar-refractivity contribution is 6.12. The molecule has 51 heavy (non-hydrogen) atoms. The van der Waals surface area contributed by atoms with Gasteiger partial charge in [-0.15, -0.1) is 0 Å². The summed E-state index contributed by atoms with van der Waals surface area (Å²) < 4.78 is 0. The molecule has 0 radical (unpaired) electrons. The predicted molar refractivity (Wildman–Crippen MR) is 219 cm³/mol. The maximum atomic E-state index is 2.39. The van der Waals surface area contributed by atoms with E-state index < -0.39 is 0 Å². The Morgan fingerprint density at radius 3 is 1.35 bits per heavy atom. The van der Waals surface area contributed by atoms with Crippen molar-refractivity contribution >= 4 is 55.7 Å². The van der Waals surface area contributed by atoms with Crippen molar-refractivity contribution in [3.63, 3.8) is 0 Å². The molecule has 0 aromatic heterocycles. The first kappa shape index (κ1) is 30.9. The van der Waals surface area contributed by atoms with Gasteiger partial charge >= 0.3 is 0 Å². The fraction of sp³-hybridized carbons (Fsp3) is 0.102. The summed E-state index contributed by atoms with van der Waals surface area (Å²) in [7, 11) is 0. The van der Waals surface area contributed by atoms with Gasteiger partial charge in [0.05, 0.1) is 0 Å². The van der Waals surface area contributed by atoms with Crippen LogP contribution in [-0.4, -0.2) is 0 Å². The molecule has 0 spiro atoms. The van der Waals surface area contributed by atoms with Crippen molar-refractivity contribution in [2.24, 2.45) is 0 Å². The van der Waals surface area contributed by atoms with Gasteiger partial charge in [0.15, 0.2) is 0 Å². The Bertz CT molecular complexity index is 2580. The average molecular weight is 657 g/mol. The van der Waals surface area contributed by atoms with Gasteiger partial charge < -0.3 is 9.80 Å². The highest BCUT2D eigenvalue weighted by atomic mass is 15.1. The molecule has 0 unspecified atom stereocenters. The minimum atomic E-state index is 0.0582. The molecule has 0 atom stereocenters. The molecule has 2 heteroatoms. The molecule has 0 aliphatic heterocycles. The summed E-state index contributed by atoms with van der Waals surface area (Å²) >= 11 is 0. The minimum absolute atomic E-state index is 0.0582. The largest absolute Gasteiger partial charge is 0.310 e. The average Bonchev–Trinajstić information content (AvgIpc) is 3.15. The Hall–Kier alpha value is -6.12. The second-order valence-corrected chi connectivity index (χ2v) is 14.8. The van der Waals surface area contributed by atoms with Gasteiger partial charge in [0.1, 0.15) is 0 Å². The molecule has 8 aromatic rings. The standard InChI is InChI=1S/C49H40N2/c1-33-14-11-12-21-48(33)51(40-18-9-6-10-19-40)43-25-23-35-29-45-44-28-34-22-24-42(26-36(34)30-46(44)47(45)31-37(35)27-43)50(39-16-7-5-8-17-39)41-20-13-15-38(32-41)49(2,3)4/h5-32H,1-4H3. The Morgan fingerprint density at radius 2 is 0.804 bits per heavy atom. The number of aryl methyl sites for hydroxylation is 1. The quantitative estimate of drug-likeness (QED) is 0.176. The van der Waals surface area contributed by atoms with Gasteiger partial charge in [-0.05, 0) is 158 Å². The van der Waals surface area contributed by atoms with Crippen LogP contribution in [0, 0.1) is 6.92 Å². The van der Waals surface area contributed by atoms with E-state index in [1.165, 1.54) is 66.3 Å². The third-order valence-electron chi connectivity index (χ3n) is 10.4. The first-order valence-electron chi connectivity index (χ1n) is 17.8. The Balaban J connectivity index is 1.13. The highest BCUT2D eigenvalue weighted by Crippen LogP contribution is 2.51. The van der Waals surface area contributed by atoms with E-state index in [2.05, 4.69) is 207 Å². The third-order valence-corrected chi connectivity index (χ3v) is 10.4. The zero-order valence-corrected chi connectivity index (χ0v) is 29.6. The van der Waals surface area contributed by atoms with Crippen LogP contribution in [0.3, 0.4) is 0 Å². The van der Waals surface area contributed by atoms with Crippen molar-refractivity contribution in [3.05, 3.63) is 181 Å². The Labute approximate surface area is 300 Å². The maximum absolute atomic E-state index is 2.39. The van der Waals surface area contributed by atoms with Crippen molar-refractivity contribution in [2.75, 3.05) is 9.80 Å². The fourth-order valence-corrected chi connectivity index (χ4v) is 7.63. The fourth-order valence-electron chi connectivity index (χ4n) is 7.63. The van der Waals surface area contributed by atoms with E-state index in [4.69, 9.17) is 0 Å². The number of hydrogen-bond donors (Lipinski definition) is 0. The van der Waals surface area contributed by atoms with E-state index in [1.807, 2.05) is 0 Å². The molecular weight excluding hydrogens is 617 g/mol. The molecule has 0 saturated heterocycles. The lowest BCUT2D eigenvalue weighted by molar-refractivity contribution is 0.590. The molecule has 0 heterocycles. The van der Waals surface area contributed by atoms with Crippen LogP contribution >= 0.6 is 0 Å². The van der Waals surface area contributed by atoms with E-state index in [1.54, 1.807) is 0 Å². The van der Waals surface area contributed by atoms with E-state index in [0.717, 1.165) is 22.7 Å². The first-order chi connectivity index (χ1) is 24.8. The lowest BCUT2D eigenvalue weighted by atomic mass is 9.78. The molecule has 9 rings (SSSR count). The van der Waals surface area contributed by atoms with Crippen LogP contribution < -0.4 is 9.80 Å². The van der Waals surface area contributed by atoms with Crippen molar-refractivity contribution in [1.82, 2.24) is 0 Å². The van der Waals surface area contributed by atoms with Gasteiger partial charge in [0.25, 0.3) is 0 Å². The first-order valence-corrected chi connectivity index (χ1v) is 17.8. The zero-order valence-electron chi connectivity index (χ0n) is 29.6. The summed E-state index contributed by atoms with van der Waals surface area (Å²) in [6, 6.07) is 62.3. The Kier molecular flexibility index (Phi) is 7.29. The molecule has 0 fully saturated rings. The van der Waals surface area contributed by atoms with Crippen LogP contribution in [0.5, 0.6) is 0 Å². The number of fused-ring (bicyclic) bond motifs is 6. The van der Waals surface area contributed by atoms with E-state index >= 15 is 0 Å². The zero-order chi connectivity index (χ0) is 34.7. The summed E-state index contributed by atoms with van der Waals surface area (Å²) in [4.78, 5) is 4.75. The SMILES string of the molecule is Cc1ccccc1N(c1ccccc1)c1ccc2cc3c(cc2c1)-c1cc2cc(N(c4ccccc4)c4cccc(C(C)(C)C)c4)ccc2cc1-3. The molecule has 1 aliphatic carbocycles. The number of rotatable bonds is 6. The van der Waals surface area contributed by atoms with Crippen LogP contribution in [-0.2, 0) is 5.41 Å².